The van der Waals surface area contributed by atoms with E-state index in [1.54, 1.807) is 13.3 Å². The van der Waals surface area contributed by atoms with E-state index in [4.69, 9.17) is 4.74 Å². The van der Waals surface area contributed by atoms with Crippen LogP contribution < -0.4 is 10.1 Å². The van der Waals surface area contributed by atoms with Gasteiger partial charge in [-0.3, -0.25) is 9.78 Å². The molecule has 0 aliphatic carbocycles. The number of rotatable bonds is 6. The molecule has 0 unspecified atom stereocenters. The highest BCUT2D eigenvalue weighted by Gasteiger charge is 2.03. The molecule has 0 saturated heterocycles. The summed E-state index contributed by atoms with van der Waals surface area (Å²) in [6, 6.07) is 13.4. The molecule has 1 amide bonds. The molecule has 104 valence electrons. The third-order valence-corrected chi connectivity index (χ3v) is 2.97. The van der Waals surface area contributed by atoms with Crippen molar-refractivity contribution in [1.82, 2.24) is 10.3 Å². The summed E-state index contributed by atoms with van der Waals surface area (Å²) < 4.78 is 5.16. The average Bonchev–Trinajstić information content (AvgIpc) is 2.52. The molecular weight excluding hydrogens is 252 g/mol. The Morgan fingerprint density at radius 2 is 2.15 bits per heavy atom. The van der Waals surface area contributed by atoms with Gasteiger partial charge in [0.1, 0.15) is 5.75 Å². The van der Waals surface area contributed by atoms with Crippen molar-refractivity contribution < 1.29 is 9.53 Å². The summed E-state index contributed by atoms with van der Waals surface area (Å²) in [5, 5.41) is 2.87. The number of hydrogen-bond acceptors (Lipinski definition) is 3. The predicted molar refractivity (Wildman–Crippen MR) is 77.4 cm³/mol. The number of carbonyl (C=O) groups excluding carboxylic acids is 1. The number of pyridine rings is 1. The summed E-state index contributed by atoms with van der Waals surface area (Å²) in [5.41, 5.74) is 1.96. The third-order valence-electron chi connectivity index (χ3n) is 2.97. The molecule has 0 fully saturated rings. The quantitative estimate of drug-likeness (QED) is 0.876. The van der Waals surface area contributed by atoms with Crippen LogP contribution in [0.1, 0.15) is 17.7 Å². The SMILES string of the molecule is COc1cccc(CCC(=O)NCc2ccccn2)c1. The Labute approximate surface area is 118 Å². The van der Waals surface area contributed by atoms with Gasteiger partial charge in [0.15, 0.2) is 0 Å². The summed E-state index contributed by atoms with van der Waals surface area (Å²) in [7, 11) is 1.64. The number of nitrogens with one attached hydrogen (secondary N) is 1. The second-order valence-corrected chi connectivity index (χ2v) is 4.45. The average molecular weight is 270 g/mol. The fraction of sp³-hybridized carbons (Fsp3) is 0.250. The summed E-state index contributed by atoms with van der Waals surface area (Å²) in [6.07, 6.45) is 2.88. The van der Waals surface area contributed by atoms with Crippen LogP contribution >= 0.6 is 0 Å². The van der Waals surface area contributed by atoms with Gasteiger partial charge in [-0.15, -0.1) is 0 Å². The monoisotopic (exact) mass is 270 g/mol. The summed E-state index contributed by atoms with van der Waals surface area (Å²) in [4.78, 5) is 15.9. The molecule has 0 saturated carbocycles. The fourth-order valence-corrected chi connectivity index (χ4v) is 1.87. The lowest BCUT2D eigenvalue weighted by Gasteiger charge is -2.06. The topological polar surface area (TPSA) is 51.2 Å². The van der Waals surface area contributed by atoms with E-state index in [1.165, 1.54) is 0 Å². The van der Waals surface area contributed by atoms with Crippen molar-refractivity contribution in [3.8, 4) is 5.75 Å². The van der Waals surface area contributed by atoms with Crippen LogP contribution in [-0.4, -0.2) is 18.0 Å². The van der Waals surface area contributed by atoms with Crippen LogP contribution in [0.25, 0.3) is 0 Å². The first-order chi connectivity index (χ1) is 9.78. The second-order valence-electron chi connectivity index (χ2n) is 4.45. The minimum Gasteiger partial charge on any atom is -0.497 e. The molecule has 2 rings (SSSR count). The standard InChI is InChI=1S/C16H18N2O2/c1-20-15-7-4-5-13(11-15)8-9-16(19)18-12-14-6-2-3-10-17-14/h2-7,10-11H,8-9,12H2,1H3,(H,18,19). The predicted octanol–water partition coefficient (Wildman–Crippen LogP) is 2.34. The van der Waals surface area contributed by atoms with Crippen LogP contribution in [0.2, 0.25) is 0 Å². The van der Waals surface area contributed by atoms with Gasteiger partial charge >= 0.3 is 0 Å². The zero-order valence-electron chi connectivity index (χ0n) is 11.5. The van der Waals surface area contributed by atoms with E-state index in [9.17, 15) is 4.79 Å². The van der Waals surface area contributed by atoms with E-state index in [0.717, 1.165) is 17.0 Å². The van der Waals surface area contributed by atoms with Crippen molar-refractivity contribution in [2.24, 2.45) is 0 Å². The zero-order chi connectivity index (χ0) is 14.2. The number of nitrogens with zero attached hydrogens (tertiary/aromatic N) is 1. The molecule has 2 aromatic rings. The number of aryl methyl sites for hydroxylation is 1. The van der Waals surface area contributed by atoms with Crippen LogP contribution in [0, 0.1) is 0 Å². The Balaban J connectivity index is 1.77. The Hall–Kier alpha value is -2.36. The highest BCUT2D eigenvalue weighted by atomic mass is 16.5. The van der Waals surface area contributed by atoms with Crippen molar-refractivity contribution in [2.45, 2.75) is 19.4 Å². The molecule has 1 aromatic carbocycles. The largest absolute Gasteiger partial charge is 0.497 e. The van der Waals surface area contributed by atoms with Crippen LogP contribution in [0.5, 0.6) is 5.75 Å². The molecule has 1 heterocycles. The number of benzene rings is 1. The summed E-state index contributed by atoms with van der Waals surface area (Å²) in [6.45, 7) is 0.470. The minimum absolute atomic E-state index is 0.0264. The highest BCUT2D eigenvalue weighted by molar-refractivity contribution is 5.76. The Bertz CT molecular complexity index is 555. The normalized spacial score (nSPS) is 10.1. The van der Waals surface area contributed by atoms with Gasteiger partial charge in [0.25, 0.3) is 0 Å². The first-order valence-electron chi connectivity index (χ1n) is 6.57. The van der Waals surface area contributed by atoms with E-state index < -0.39 is 0 Å². The second kappa shape index (κ2) is 7.28. The lowest BCUT2D eigenvalue weighted by atomic mass is 10.1. The van der Waals surface area contributed by atoms with E-state index in [-0.39, 0.29) is 5.91 Å². The van der Waals surface area contributed by atoms with Crippen LogP contribution in [0.15, 0.2) is 48.7 Å². The maximum Gasteiger partial charge on any atom is 0.220 e. The van der Waals surface area contributed by atoms with Gasteiger partial charge < -0.3 is 10.1 Å². The first-order valence-corrected chi connectivity index (χ1v) is 6.57. The van der Waals surface area contributed by atoms with Gasteiger partial charge in [-0.25, -0.2) is 0 Å². The Morgan fingerprint density at radius 3 is 2.90 bits per heavy atom. The Kier molecular flexibility index (Phi) is 5.12. The van der Waals surface area contributed by atoms with E-state index in [1.807, 2.05) is 42.5 Å². The number of carbonyl (C=O) groups is 1. The van der Waals surface area contributed by atoms with Gasteiger partial charge in [0.05, 0.1) is 19.3 Å². The number of hydrogen-bond donors (Lipinski definition) is 1. The van der Waals surface area contributed by atoms with Crippen molar-refractivity contribution in [3.05, 3.63) is 59.9 Å². The lowest BCUT2D eigenvalue weighted by Crippen LogP contribution is -2.23. The minimum atomic E-state index is 0.0264. The molecule has 0 aliphatic heterocycles. The van der Waals surface area contributed by atoms with Gasteiger partial charge in [0.2, 0.25) is 5.91 Å². The van der Waals surface area contributed by atoms with Gasteiger partial charge in [-0.1, -0.05) is 18.2 Å². The molecule has 4 heteroatoms. The maximum absolute atomic E-state index is 11.8. The summed E-state index contributed by atoms with van der Waals surface area (Å²) in [5.74, 6) is 0.842. The number of methoxy groups -OCH3 is 1. The van der Waals surface area contributed by atoms with Crippen LogP contribution in [0.3, 0.4) is 0 Å². The van der Waals surface area contributed by atoms with Crippen LogP contribution in [0.4, 0.5) is 0 Å². The highest BCUT2D eigenvalue weighted by Crippen LogP contribution is 2.13. The van der Waals surface area contributed by atoms with Crippen LogP contribution in [-0.2, 0) is 17.8 Å². The van der Waals surface area contributed by atoms with Gasteiger partial charge in [-0.2, -0.15) is 0 Å². The molecule has 0 spiro atoms. The van der Waals surface area contributed by atoms with E-state index >= 15 is 0 Å². The van der Waals surface area contributed by atoms with Crippen molar-refractivity contribution >= 4 is 5.91 Å². The molecule has 1 aromatic heterocycles. The number of aromatic nitrogens is 1. The lowest BCUT2D eigenvalue weighted by molar-refractivity contribution is -0.121. The molecule has 0 bridgehead atoms. The molecule has 0 radical (unpaired) electrons. The Morgan fingerprint density at radius 1 is 1.25 bits per heavy atom. The number of ether oxygens (including phenoxy) is 1. The van der Waals surface area contributed by atoms with Crippen molar-refractivity contribution in [2.75, 3.05) is 7.11 Å². The zero-order valence-corrected chi connectivity index (χ0v) is 11.5. The van der Waals surface area contributed by atoms with E-state index in [0.29, 0.717) is 19.4 Å². The van der Waals surface area contributed by atoms with Gasteiger partial charge in [0, 0.05) is 12.6 Å². The molecular formula is C16H18N2O2. The van der Waals surface area contributed by atoms with Crippen molar-refractivity contribution in [3.63, 3.8) is 0 Å². The summed E-state index contributed by atoms with van der Waals surface area (Å²) >= 11 is 0. The maximum atomic E-state index is 11.8. The van der Waals surface area contributed by atoms with Crippen molar-refractivity contribution in [1.29, 1.82) is 0 Å². The van der Waals surface area contributed by atoms with E-state index in [2.05, 4.69) is 10.3 Å². The molecule has 20 heavy (non-hydrogen) atoms. The fourth-order valence-electron chi connectivity index (χ4n) is 1.87. The molecule has 0 aliphatic rings. The molecule has 4 nitrogen and oxygen atoms in total. The number of amides is 1. The molecule has 0 atom stereocenters. The first kappa shape index (κ1) is 14.1. The molecule has 1 N–H and O–H groups in total. The third kappa shape index (κ3) is 4.39. The van der Waals surface area contributed by atoms with Gasteiger partial charge in [-0.05, 0) is 36.2 Å². The smallest absolute Gasteiger partial charge is 0.220 e.